The van der Waals surface area contributed by atoms with Crippen LogP contribution in [0.15, 0.2) is 18.2 Å². The molecule has 0 saturated heterocycles. The number of nitro benzene ring substituents is 1. The van der Waals surface area contributed by atoms with Crippen LogP contribution < -0.4 is 5.32 Å². The highest BCUT2D eigenvalue weighted by molar-refractivity contribution is 5.95. The van der Waals surface area contributed by atoms with E-state index in [9.17, 15) is 24.1 Å². The van der Waals surface area contributed by atoms with Crippen molar-refractivity contribution in [2.45, 2.75) is 31.2 Å². The van der Waals surface area contributed by atoms with E-state index in [1.54, 1.807) is 0 Å². The van der Waals surface area contributed by atoms with Crippen molar-refractivity contribution in [2.24, 2.45) is 0 Å². The van der Waals surface area contributed by atoms with Crippen LogP contribution in [0.3, 0.4) is 0 Å². The molecule has 1 aliphatic carbocycles. The molecular weight excluding hydrogens is 283 g/mol. The molecule has 1 aromatic carbocycles. The van der Waals surface area contributed by atoms with Gasteiger partial charge in [-0.15, -0.1) is 0 Å². The molecule has 21 heavy (non-hydrogen) atoms. The highest BCUT2D eigenvalue weighted by atomic mass is 19.1. The van der Waals surface area contributed by atoms with E-state index < -0.39 is 33.8 Å². The third-order valence-corrected chi connectivity index (χ3v) is 3.59. The summed E-state index contributed by atoms with van der Waals surface area (Å²) in [5.74, 6) is -2.81. The van der Waals surface area contributed by atoms with Crippen molar-refractivity contribution < 1.29 is 24.0 Å². The maximum Gasteiger partial charge on any atom is 0.305 e. The van der Waals surface area contributed by atoms with E-state index in [0.717, 1.165) is 18.6 Å². The molecule has 0 radical (unpaired) electrons. The van der Waals surface area contributed by atoms with Crippen molar-refractivity contribution in [3.8, 4) is 0 Å². The van der Waals surface area contributed by atoms with Gasteiger partial charge in [0.2, 0.25) is 0 Å². The first-order valence-corrected chi connectivity index (χ1v) is 6.31. The predicted molar refractivity (Wildman–Crippen MR) is 69.4 cm³/mol. The van der Waals surface area contributed by atoms with E-state index in [4.69, 9.17) is 5.11 Å². The summed E-state index contributed by atoms with van der Waals surface area (Å²) in [6.45, 7) is 0. The summed E-state index contributed by atoms with van der Waals surface area (Å²) in [7, 11) is 0. The Kier molecular flexibility index (Phi) is 3.88. The number of amides is 1. The Morgan fingerprint density at radius 2 is 2.10 bits per heavy atom. The molecule has 1 aliphatic rings. The van der Waals surface area contributed by atoms with Crippen LogP contribution in [-0.2, 0) is 4.79 Å². The molecule has 1 amide bonds. The van der Waals surface area contributed by atoms with Gasteiger partial charge in [0.25, 0.3) is 11.6 Å². The van der Waals surface area contributed by atoms with Crippen molar-refractivity contribution >= 4 is 17.6 Å². The molecule has 0 aliphatic heterocycles. The highest BCUT2D eigenvalue weighted by Crippen LogP contribution is 2.35. The van der Waals surface area contributed by atoms with Gasteiger partial charge in [0.1, 0.15) is 5.82 Å². The van der Waals surface area contributed by atoms with Gasteiger partial charge in [0.05, 0.1) is 28.5 Å². The number of hydrogen-bond donors (Lipinski definition) is 2. The number of carbonyl (C=O) groups is 2. The molecule has 0 bridgehead atoms. The lowest BCUT2D eigenvalue weighted by molar-refractivity contribution is -0.385. The summed E-state index contributed by atoms with van der Waals surface area (Å²) in [6, 6.07) is 2.72. The largest absolute Gasteiger partial charge is 0.481 e. The number of rotatable bonds is 5. The molecule has 0 atom stereocenters. The van der Waals surface area contributed by atoms with Crippen LogP contribution in [0.1, 0.15) is 36.0 Å². The van der Waals surface area contributed by atoms with Crippen molar-refractivity contribution in [3.05, 3.63) is 39.7 Å². The molecule has 2 rings (SSSR count). The number of nitro groups is 1. The number of benzene rings is 1. The fourth-order valence-corrected chi connectivity index (χ4v) is 2.35. The van der Waals surface area contributed by atoms with Crippen LogP contribution >= 0.6 is 0 Å². The molecule has 0 heterocycles. The number of halogens is 1. The Morgan fingerprint density at radius 3 is 2.52 bits per heavy atom. The Bertz CT molecular complexity index is 613. The Labute approximate surface area is 118 Å². The first-order valence-electron chi connectivity index (χ1n) is 6.31. The maximum absolute atomic E-state index is 13.7. The SMILES string of the molecule is O=C(O)CC1(NC(=O)c2ccc([N+](=O)[O-])cc2F)CCC1. The minimum Gasteiger partial charge on any atom is -0.481 e. The van der Waals surface area contributed by atoms with Crippen LogP contribution in [0, 0.1) is 15.9 Å². The van der Waals surface area contributed by atoms with E-state index in [-0.39, 0.29) is 12.0 Å². The van der Waals surface area contributed by atoms with Crippen LogP contribution in [-0.4, -0.2) is 27.4 Å². The smallest absolute Gasteiger partial charge is 0.305 e. The van der Waals surface area contributed by atoms with Crippen LogP contribution in [0.4, 0.5) is 10.1 Å². The van der Waals surface area contributed by atoms with Crippen molar-refractivity contribution in [1.29, 1.82) is 0 Å². The lowest BCUT2D eigenvalue weighted by Gasteiger charge is -2.41. The molecule has 1 aromatic rings. The summed E-state index contributed by atoms with van der Waals surface area (Å²) in [5, 5.41) is 21.9. The van der Waals surface area contributed by atoms with Crippen LogP contribution in [0.25, 0.3) is 0 Å². The zero-order valence-electron chi connectivity index (χ0n) is 11.0. The molecule has 1 fully saturated rings. The average Bonchev–Trinajstić information content (AvgIpc) is 2.35. The fraction of sp³-hybridized carbons (Fsp3) is 0.385. The maximum atomic E-state index is 13.7. The van der Waals surface area contributed by atoms with E-state index in [1.807, 2.05) is 0 Å². The third kappa shape index (κ3) is 3.15. The molecular formula is C13H13FN2O5. The minimum absolute atomic E-state index is 0.229. The summed E-state index contributed by atoms with van der Waals surface area (Å²) in [5.41, 5.74) is -1.64. The number of non-ortho nitro benzene ring substituents is 1. The quantitative estimate of drug-likeness (QED) is 0.636. The van der Waals surface area contributed by atoms with Gasteiger partial charge in [0, 0.05) is 6.07 Å². The fourth-order valence-electron chi connectivity index (χ4n) is 2.35. The first kappa shape index (κ1) is 14.9. The number of nitrogens with one attached hydrogen (secondary N) is 1. The lowest BCUT2D eigenvalue weighted by atomic mass is 9.74. The van der Waals surface area contributed by atoms with E-state index in [0.29, 0.717) is 18.9 Å². The number of carbonyl (C=O) groups excluding carboxylic acids is 1. The third-order valence-electron chi connectivity index (χ3n) is 3.59. The minimum atomic E-state index is -1.04. The van der Waals surface area contributed by atoms with Gasteiger partial charge in [-0.2, -0.15) is 0 Å². The second-order valence-electron chi connectivity index (χ2n) is 5.08. The van der Waals surface area contributed by atoms with Gasteiger partial charge in [-0.1, -0.05) is 0 Å². The van der Waals surface area contributed by atoms with Gasteiger partial charge in [-0.3, -0.25) is 19.7 Å². The first-order chi connectivity index (χ1) is 9.83. The van der Waals surface area contributed by atoms with Gasteiger partial charge in [-0.25, -0.2) is 4.39 Å². The monoisotopic (exact) mass is 296 g/mol. The second kappa shape index (κ2) is 5.47. The number of nitrogens with zero attached hydrogens (tertiary/aromatic N) is 1. The zero-order valence-corrected chi connectivity index (χ0v) is 11.0. The molecule has 8 heteroatoms. The molecule has 0 unspecified atom stereocenters. The Balaban J connectivity index is 2.17. The number of carboxylic acids is 1. The topological polar surface area (TPSA) is 110 Å². The van der Waals surface area contributed by atoms with Crippen LogP contribution in [0.2, 0.25) is 0 Å². The molecule has 7 nitrogen and oxygen atoms in total. The molecule has 112 valence electrons. The van der Waals surface area contributed by atoms with Gasteiger partial charge >= 0.3 is 5.97 Å². The summed E-state index contributed by atoms with van der Waals surface area (Å²) < 4.78 is 13.7. The summed E-state index contributed by atoms with van der Waals surface area (Å²) in [6.07, 6.45) is 1.59. The lowest BCUT2D eigenvalue weighted by Crippen LogP contribution is -2.54. The Hall–Kier alpha value is -2.51. The van der Waals surface area contributed by atoms with Gasteiger partial charge < -0.3 is 10.4 Å². The van der Waals surface area contributed by atoms with Crippen LogP contribution in [0.5, 0.6) is 0 Å². The van der Waals surface area contributed by atoms with Crippen molar-refractivity contribution in [1.82, 2.24) is 5.32 Å². The van der Waals surface area contributed by atoms with Gasteiger partial charge in [-0.05, 0) is 25.3 Å². The molecule has 2 N–H and O–H groups in total. The summed E-state index contributed by atoms with van der Waals surface area (Å²) >= 11 is 0. The van der Waals surface area contributed by atoms with Gasteiger partial charge in [0.15, 0.2) is 0 Å². The number of hydrogen-bond acceptors (Lipinski definition) is 4. The predicted octanol–water partition coefficient (Wildman–Crippen LogP) is 1.86. The van der Waals surface area contributed by atoms with E-state index in [2.05, 4.69) is 5.32 Å². The normalized spacial score (nSPS) is 15.9. The van der Waals surface area contributed by atoms with Crippen molar-refractivity contribution in [3.63, 3.8) is 0 Å². The van der Waals surface area contributed by atoms with Crippen molar-refractivity contribution in [2.75, 3.05) is 0 Å². The average molecular weight is 296 g/mol. The molecule has 0 aromatic heterocycles. The van der Waals surface area contributed by atoms with E-state index >= 15 is 0 Å². The molecule has 1 saturated carbocycles. The Morgan fingerprint density at radius 1 is 1.43 bits per heavy atom. The zero-order chi connectivity index (χ0) is 15.6. The number of aliphatic carboxylic acids is 1. The second-order valence-corrected chi connectivity index (χ2v) is 5.08. The standard InChI is InChI=1S/C13H13FN2O5/c14-10-6-8(16(20)21)2-3-9(10)12(19)15-13(4-1-5-13)7-11(17)18/h2-3,6H,1,4-5,7H2,(H,15,19)(H,17,18). The summed E-state index contributed by atoms with van der Waals surface area (Å²) in [4.78, 5) is 32.6. The van der Waals surface area contributed by atoms with E-state index in [1.165, 1.54) is 0 Å². The highest BCUT2D eigenvalue weighted by Gasteiger charge is 2.40. The molecule has 0 spiro atoms. The number of carboxylic acid groups (broad SMARTS) is 1.